The highest BCUT2D eigenvalue weighted by molar-refractivity contribution is 7.15. The van der Waals surface area contributed by atoms with Crippen LogP contribution >= 0.6 is 11.3 Å². The number of pyridine rings is 1. The van der Waals surface area contributed by atoms with Crippen LogP contribution in [0.4, 0.5) is 0 Å². The molecule has 1 N–H and O–H groups in total. The van der Waals surface area contributed by atoms with Crippen LogP contribution < -0.4 is 5.32 Å². The highest BCUT2D eigenvalue weighted by Crippen LogP contribution is 2.33. The molecule has 0 spiro atoms. The summed E-state index contributed by atoms with van der Waals surface area (Å²) in [5.41, 5.74) is 1.30. The second-order valence-electron chi connectivity index (χ2n) is 4.85. The van der Waals surface area contributed by atoms with Crippen molar-refractivity contribution in [1.82, 2.24) is 10.3 Å². The summed E-state index contributed by atoms with van der Waals surface area (Å²) in [5.74, 6) is 0. The number of nitrogens with one attached hydrogen (secondary N) is 1. The van der Waals surface area contributed by atoms with Gasteiger partial charge in [0.1, 0.15) is 0 Å². The fourth-order valence-corrected chi connectivity index (χ4v) is 3.36. The second kappa shape index (κ2) is 6.16. The minimum atomic E-state index is 0.963. The summed E-state index contributed by atoms with van der Waals surface area (Å²) in [6.07, 6.45) is 4.97. The third kappa shape index (κ3) is 2.74. The first kappa shape index (κ1) is 13.3. The molecule has 0 atom stereocenters. The quantitative estimate of drug-likeness (QED) is 0.699. The molecule has 2 aromatic heterocycles. The molecule has 20 heavy (non-hydrogen) atoms. The van der Waals surface area contributed by atoms with Crippen molar-refractivity contribution in [3.8, 4) is 10.4 Å². The van der Waals surface area contributed by atoms with E-state index in [4.69, 9.17) is 0 Å². The minimum absolute atomic E-state index is 0.963. The summed E-state index contributed by atoms with van der Waals surface area (Å²) >= 11 is 1.87. The molecule has 3 aromatic rings. The Morgan fingerprint density at radius 3 is 3.00 bits per heavy atom. The molecule has 0 saturated heterocycles. The topological polar surface area (TPSA) is 24.9 Å². The number of hydrogen-bond acceptors (Lipinski definition) is 3. The van der Waals surface area contributed by atoms with Gasteiger partial charge in [0.15, 0.2) is 0 Å². The Balaban J connectivity index is 1.91. The van der Waals surface area contributed by atoms with Crippen molar-refractivity contribution in [3.05, 3.63) is 53.7 Å². The van der Waals surface area contributed by atoms with Crippen LogP contribution in [0.2, 0.25) is 0 Å². The number of aromatic nitrogens is 1. The molecule has 102 valence electrons. The molecule has 1 aromatic carbocycles. The Labute approximate surface area is 123 Å². The van der Waals surface area contributed by atoms with E-state index in [0.717, 1.165) is 13.1 Å². The molecular formula is C17H18N2S. The summed E-state index contributed by atoms with van der Waals surface area (Å²) in [5, 5.41) is 5.93. The Kier molecular flexibility index (Phi) is 4.09. The molecule has 0 amide bonds. The zero-order chi connectivity index (χ0) is 13.8. The standard InChI is InChI=1S/C17H18N2S/c1-2-9-18-12-14-6-7-17(20-14)16-5-3-4-13-11-19-10-8-15(13)16/h3-8,10-11,18H,2,9,12H2,1H3. The number of hydrogen-bond donors (Lipinski definition) is 1. The van der Waals surface area contributed by atoms with E-state index in [-0.39, 0.29) is 0 Å². The summed E-state index contributed by atoms with van der Waals surface area (Å²) in [6.45, 7) is 4.23. The highest BCUT2D eigenvalue weighted by Gasteiger charge is 2.06. The zero-order valence-corrected chi connectivity index (χ0v) is 12.4. The van der Waals surface area contributed by atoms with E-state index in [9.17, 15) is 0 Å². The molecule has 3 heteroatoms. The number of benzene rings is 1. The van der Waals surface area contributed by atoms with Gasteiger partial charge in [0.2, 0.25) is 0 Å². The lowest BCUT2D eigenvalue weighted by molar-refractivity contribution is 0.681. The van der Waals surface area contributed by atoms with Crippen molar-refractivity contribution in [2.24, 2.45) is 0 Å². The average Bonchev–Trinajstić information content (AvgIpc) is 2.96. The monoisotopic (exact) mass is 282 g/mol. The van der Waals surface area contributed by atoms with Crippen molar-refractivity contribution >= 4 is 22.1 Å². The molecule has 3 rings (SSSR count). The fraction of sp³-hybridized carbons (Fsp3) is 0.235. The number of nitrogens with zero attached hydrogens (tertiary/aromatic N) is 1. The predicted molar refractivity (Wildman–Crippen MR) is 87.1 cm³/mol. The van der Waals surface area contributed by atoms with E-state index >= 15 is 0 Å². The van der Waals surface area contributed by atoms with Crippen LogP contribution in [0.3, 0.4) is 0 Å². The van der Waals surface area contributed by atoms with Crippen LogP contribution in [0.25, 0.3) is 21.2 Å². The molecule has 0 unspecified atom stereocenters. The molecule has 2 nitrogen and oxygen atoms in total. The lowest BCUT2D eigenvalue weighted by Gasteiger charge is -2.03. The van der Waals surface area contributed by atoms with Gasteiger partial charge in [-0.3, -0.25) is 4.98 Å². The van der Waals surface area contributed by atoms with Gasteiger partial charge in [-0.1, -0.05) is 25.1 Å². The van der Waals surface area contributed by atoms with Crippen LogP contribution in [-0.2, 0) is 6.54 Å². The van der Waals surface area contributed by atoms with Gasteiger partial charge < -0.3 is 5.32 Å². The van der Waals surface area contributed by atoms with E-state index in [1.165, 1.54) is 32.5 Å². The van der Waals surface area contributed by atoms with E-state index in [2.05, 4.69) is 53.6 Å². The fourth-order valence-electron chi connectivity index (χ4n) is 2.34. The zero-order valence-electron chi connectivity index (χ0n) is 11.6. The summed E-state index contributed by atoms with van der Waals surface area (Å²) in [6, 6.07) is 13.0. The SMILES string of the molecule is CCCNCc1ccc(-c2cccc3cnccc23)s1. The van der Waals surface area contributed by atoms with Gasteiger partial charge in [-0.15, -0.1) is 11.3 Å². The highest BCUT2D eigenvalue weighted by atomic mass is 32.1. The van der Waals surface area contributed by atoms with Crippen molar-refractivity contribution in [2.75, 3.05) is 6.54 Å². The second-order valence-corrected chi connectivity index (χ2v) is 6.01. The Hall–Kier alpha value is -1.71. The van der Waals surface area contributed by atoms with Crippen molar-refractivity contribution < 1.29 is 0 Å². The third-order valence-corrected chi connectivity index (χ3v) is 4.45. The molecule has 0 radical (unpaired) electrons. The van der Waals surface area contributed by atoms with Crippen LogP contribution in [-0.4, -0.2) is 11.5 Å². The largest absolute Gasteiger partial charge is 0.312 e. The summed E-state index contributed by atoms with van der Waals surface area (Å²) in [7, 11) is 0. The maximum absolute atomic E-state index is 4.20. The van der Waals surface area contributed by atoms with Gasteiger partial charge in [0, 0.05) is 34.1 Å². The third-order valence-electron chi connectivity index (χ3n) is 3.33. The first-order chi connectivity index (χ1) is 9.88. The van der Waals surface area contributed by atoms with E-state index < -0.39 is 0 Å². The van der Waals surface area contributed by atoms with Crippen LogP contribution in [0.5, 0.6) is 0 Å². The summed E-state index contributed by atoms with van der Waals surface area (Å²) < 4.78 is 0. The number of rotatable bonds is 5. The predicted octanol–water partition coefficient (Wildman–Crippen LogP) is 4.46. The molecule has 0 fully saturated rings. The minimum Gasteiger partial charge on any atom is -0.312 e. The van der Waals surface area contributed by atoms with Crippen molar-refractivity contribution in [3.63, 3.8) is 0 Å². The molecular weight excluding hydrogens is 264 g/mol. The number of thiophene rings is 1. The van der Waals surface area contributed by atoms with Crippen molar-refractivity contribution in [1.29, 1.82) is 0 Å². The summed E-state index contributed by atoms with van der Waals surface area (Å²) in [4.78, 5) is 6.91. The Morgan fingerprint density at radius 2 is 2.10 bits per heavy atom. The lowest BCUT2D eigenvalue weighted by atomic mass is 10.1. The first-order valence-electron chi connectivity index (χ1n) is 7.01. The Morgan fingerprint density at radius 1 is 1.15 bits per heavy atom. The lowest BCUT2D eigenvalue weighted by Crippen LogP contribution is -2.12. The van der Waals surface area contributed by atoms with Gasteiger partial charge in [0.05, 0.1) is 0 Å². The van der Waals surface area contributed by atoms with Gasteiger partial charge in [0.25, 0.3) is 0 Å². The van der Waals surface area contributed by atoms with Crippen LogP contribution in [0, 0.1) is 0 Å². The van der Waals surface area contributed by atoms with E-state index in [1.54, 1.807) is 0 Å². The van der Waals surface area contributed by atoms with E-state index in [0.29, 0.717) is 0 Å². The first-order valence-corrected chi connectivity index (χ1v) is 7.82. The maximum Gasteiger partial charge on any atom is 0.0352 e. The number of fused-ring (bicyclic) bond motifs is 1. The van der Waals surface area contributed by atoms with Gasteiger partial charge in [-0.05, 0) is 42.1 Å². The van der Waals surface area contributed by atoms with Crippen molar-refractivity contribution in [2.45, 2.75) is 19.9 Å². The van der Waals surface area contributed by atoms with Crippen LogP contribution in [0.15, 0.2) is 48.8 Å². The van der Waals surface area contributed by atoms with E-state index in [1.807, 2.05) is 23.7 Å². The molecule has 0 aliphatic heterocycles. The molecule has 2 heterocycles. The normalized spacial score (nSPS) is 11.1. The molecule has 0 aliphatic carbocycles. The molecule has 0 saturated carbocycles. The van der Waals surface area contributed by atoms with Gasteiger partial charge in [-0.25, -0.2) is 0 Å². The van der Waals surface area contributed by atoms with Gasteiger partial charge in [-0.2, -0.15) is 0 Å². The molecule has 0 bridgehead atoms. The smallest absolute Gasteiger partial charge is 0.0352 e. The van der Waals surface area contributed by atoms with Crippen LogP contribution in [0.1, 0.15) is 18.2 Å². The van der Waals surface area contributed by atoms with Gasteiger partial charge >= 0.3 is 0 Å². The Bertz CT molecular complexity index is 698. The average molecular weight is 282 g/mol. The molecule has 0 aliphatic rings. The maximum atomic E-state index is 4.20.